The average molecular weight is 285 g/mol. The summed E-state index contributed by atoms with van der Waals surface area (Å²) < 4.78 is 32.6. The van der Waals surface area contributed by atoms with Crippen LogP contribution in [0.3, 0.4) is 0 Å². The zero-order valence-corrected chi connectivity index (χ0v) is 12.7. The zero-order chi connectivity index (χ0) is 15.1. The van der Waals surface area contributed by atoms with E-state index in [1.165, 1.54) is 12.1 Å². The molecule has 0 heterocycles. The summed E-state index contributed by atoms with van der Waals surface area (Å²) in [6, 6.07) is 3.56. The fourth-order valence-corrected chi connectivity index (χ4v) is 2.47. The van der Waals surface area contributed by atoms with Crippen molar-refractivity contribution in [2.24, 2.45) is 5.92 Å². The Kier molecular flexibility index (Phi) is 7.10. The molecule has 0 amide bonds. The Morgan fingerprint density at radius 1 is 1.25 bits per heavy atom. The van der Waals surface area contributed by atoms with Crippen LogP contribution in [0.4, 0.5) is 8.78 Å². The van der Waals surface area contributed by atoms with Gasteiger partial charge in [0.15, 0.2) is 0 Å². The van der Waals surface area contributed by atoms with E-state index in [1.807, 2.05) is 0 Å². The van der Waals surface area contributed by atoms with Crippen molar-refractivity contribution < 1.29 is 13.5 Å². The van der Waals surface area contributed by atoms with Crippen molar-refractivity contribution in [1.82, 2.24) is 5.32 Å². The van der Waals surface area contributed by atoms with E-state index in [1.54, 1.807) is 7.11 Å². The fraction of sp³-hybridized carbons (Fsp3) is 0.625. The molecule has 0 aromatic heterocycles. The van der Waals surface area contributed by atoms with Crippen LogP contribution in [0.2, 0.25) is 0 Å². The van der Waals surface area contributed by atoms with Crippen LogP contribution in [0.25, 0.3) is 0 Å². The molecule has 1 aromatic rings. The number of benzene rings is 1. The average Bonchev–Trinajstić information content (AvgIpc) is 2.40. The normalized spacial score (nSPS) is 14.6. The molecule has 1 aromatic carbocycles. The molecule has 20 heavy (non-hydrogen) atoms. The van der Waals surface area contributed by atoms with E-state index < -0.39 is 5.82 Å². The third-order valence-corrected chi connectivity index (χ3v) is 3.43. The Morgan fingerprint density at radius 3 is 2.50 bits per heavy atom. The molecule has 0 saturated heterocycles. The first-order valence-electron chi connectivity index (χ1n) is 7.19. The van der Waals surface area contributed by atoms with E-state index in [0.29, 0.717) is 17.9 Å². The van der Waals surface area contributed by atoms with Gasteiger partial charge in [-0.25, -0.2) is 8.78 Å². The van der Waals surface area contributed by atoms with Crippen LogP contribution in [0.1, 0.15) is 32.8 Å². The first-order valence-corrected chi connectivity index (χ1v) is 7.19. The number of ether oxygens (including phenoxy) is 1. The van der Waals surface area contributed by atoms with Crippen LogP contribution in [-0.2, 0) is 11.2 Å². The van der Waals surface area contributed by atoms with Crippen LogP contribution >= 0.6 is 0 Å². The molecule has 2 atom stereocenters. The molecule has 2 unspecified atom stereocenters. The van der Waals surface area contributed by atoms with E-state index in [2.05, 4.69) is 26.1 Å². The monoisotopic (exact) mass is 285 g/mol. The van der Waals surface area contributed by atoms with E-state index in [-0.39, 0.29) is 18.0 Å². The van der Waals surface area contributed by atoms with Gasteiger partial charge >= 0.3 is 0 Å². The summed E-state index contributed by atoms with van der Waals surface area (Å²) in [5, 5.41) is 3.38. The van der Waals surface area contributed by atoms with E-state index >= 15 is 0 Å². The van der Waals surface area contributed by atoms with Crippen LogP contribution in [0.5, 0.6) is 0 Å². The van der Waals surface area contributed by atoms with Gasteiger partial charge in [-0.05, 0) is 49.1 Å². The maximum absolute atomic E-state index is 13.8. The molecule has 0 fully saturated rings. The minimum atomic E-state index is -0.408. The minimum absolute atomic E-state index is 0.0313. The van der Waals surface area contributed by atoms with Gasteiger partial charge in [-0.3, -0.25) is 0 Å². The maximum Gasteiger partial charge on any atom is 0.126 e. The third-order valence-electron chi connectivity index (χ3n) is 3.43. The van der Waals surface area contributed by atoms with Gasteiger partial charge < -0.3 is 10.1 Å². The Labute approximate surface area is 120 Å². The number of nitrogens with one attached hydrogen (secondary N) is 1. The number of hydrogen-bond acceptors (Lipinski definition) is 2. The Morgan fingerprint density at radius 2 is 1.95 bits per heavy atom. The predicted octanol–water partition coefficient (Wildman–Crippen LogP) is 3.55. The minimum Gasteiger partial charge on any atom is -0.380 e. The van der Waals surface area contributed by atoms with Crippen LogP contribution in [0, 0.1) is 17.6 Å². The molecule has 0 spiro atoms. The van der Waals surface area contributed by atoms with Gasteiger partial charge in [0, 0.05) is 13.2 Å². The molecule has 2 nitrogen and oxygen atoms in total. The van der Waals surface area contributed by atoms with Crippen molar-refractivity contribution in [3.63, 3.8) is 0 Å². The van der Waals surface area contributed by atoms with Gasteiger partial charge in [0.25, 0.3) is 0 Å². The second-order valence-corrected chi connectivity index (χ2v) is 5.44. The highest BCUT2D eigenvalue weighted by Gasteiger charge is 2.25. The largest absolute Gasteiger partial charge is 0.380 e. The quantitative estimate of drug-likeness (QED) is 0.788. The van der Waals surface area contributed by atoms with E-state index in [4.69, 9.17) is 4.74 Å². The summed E-state index contributed by atoms with van der Waals surface area (Å²) in [4.78, 5) is 0. The second kappa shape index (κ2) is 8.32. The SMILES string of the molecule is CCCNC(Cc1cc(F)ccc1F)C(OC)C(C)C. The summed E-state index contributed by atoms with van der Waals surface area (Å²) in [7, 11) is 1.66. The van der Waals surface area contributed by atoms with Gasteiger partial charge in [-0.1, -0.05) is 20.8 Å². The summed E-state index contributed by atoms with van der Waals surface area (Å²) >= 11 is 0. The highest BCUT2D eigenvalue weighted by atomic mass is 19.1. The molecule has 4 heteroatoms. The fourth-order valence-electron chi connectivity index (χ4n) is 2.47. The van der Waals surface area contributed by atoms with Crippen molar-refractivity contribution in [3.8, 4) is 0 Å². The Bertz CT molecular complexity index is 409. The smallest absolute Gasteiger partial charge is 0.126 e. The summed E-state index contributed by atoms with van der Waals surface area (Å²) in [6.45, 7) is 7.03. The molecule has 0 aliphatic rings. The zero-order valence-electron chi connectivity index (χ0n) is 12.7. The van der Waals surface area contributed by atoms with Crippen molar-refractivity contribution in [1.29, 1.82) is 0 Å². The molecule has 0 radical (unpaired) electrons. The van der Waals surface area contributed by atoms with Gasteiger partial charge in [0.2, 0.25) is 0 Å². The summed E-state index contributed by atoms with van der Waals surface area (Å²) in [6.07, 6.45) is 1.36. The van der Waals surface area contributed by atoms with Crippen molar-refractivity contribution in [2.45, 2.75) is 45.8 Å². The molecule has 0 bridgehead atoms. The van der Waals surface area contributed by atoms with Crippen molar-refractivity contribution in [3.05, 3.63) is 35.4 Å². The third kappa shape index (κ3) is 4.84. The van der Waals surface area contributed by atoms with Crippen LogP contribution < -0.4 is 5.32 Å². The molecular weight excluding hydrogens is 260 g/mol. The number of hydrogen-bond donors (Lipinski definition) is 1. The lowest BCUT2D eigenvalue weighted by molar-refractivity contribution is 0.0330. The number of methoxy groups -OCH3 is 1. The maximum atomic E-state index is 13.8. The Balaban J connectivity index is 2.90. The van der Waals surface area contributed by atoms with Gasteiger partial charge in [0.1, 0.15) is 11.6 Å². The molecule has 0 saturated carbocycles. The highest BCUT2D eigenvalue weighted by molar-refractivity contribution is 5.20. The van der Waals surface area contributed by atoms with Crippen molar-refractivity contribution in [2.75, 3.05) is 13.7 Å². The van der Waals surface area contributed by atoms with E-state index in [9.17, 15) is 8.78 Å². The molecule has 1 N–H and O–H groups in total. The lowest BCUT2D eigenvalue weighted by Gasteiger charge is -2.30. The summed E-state index contributed by atoms with van der Waals surface area (Å²) in [5.41, 5.74) is 0.390. The molecular formula is C16H25F2NO. The predicted molar refractivity (Wildman–Crippen MR) is 77.8 cm³/mol. The lowest BCUT2D eigenvalue weighted by Crippen LogP contribution is -2.45. The Hall–Kier alpha value is -1.00. The van der Waals surface area contributed by atoms with Crippen LogP contribution in [0.15, 0.2) is 18.2 Å². The van der Waals surface area contributed by atoms with Gasteiger partial charge in [0.05, 0.1) is 6.10 Å². The number of halogens is 2. The first-order chi connectivity index (χ1) is 9.49. The standard InChI is InChI=1S/C16H25F2NO/c1-5-8-19-15(16(20-4)11(2)3)10-12-9-13(17)6-7-14(12)18/h6-7,9,11,15-16,19H,5,8,10H2,1-4H3. The van der Waals surface area contributed by atoms with E-state index in [0.717, 1.165) is 19.0 Å². The molecule has 1 rings (SSSR count). The number of rotatable bonds is 8. The van der Waals surface area contributed by atoms with Crippen molar-refractivity contribution >= 4 is 0 Å². The first kappa shape index (κ1) is 17.1. The van der Waals surface area contributed by atoms with Gasteiger partial charge in [-0.2, -0.15) is 0 Å². The highest BCUT2D eigenvalue weighted by Crippen LogP contribution is 2.18. The van der Waals surface area contributed by atoms with Gasteiger partial charge in [-0.15, -0.1) is 0 Å². The molecule has 0 aliphatic heterocycles. The lowest BCUT2D eigenvalue weighted by atomic mass is 9.93. The van der Waals surface area contributed by atoms with Crippen LogP contribution in [-0.4, -0.2) is 25.8 Å². The second-order valence-electron chi connectivity index (χ2n) is 5.44. The topological polar surface area (TPSA) is 21.3 Å². The summed E-state index contributed by atoms with van der Waals surface area (Å²) in [5.74, 6) is -0.478. The molecule has 0 aliphatic carbocycles. The molecule has 114 valence electrons.